The Morgan fingerprint density at radius 3 is 2.36 bits per heavy atom. The Morgan fingerprint density at radius 2 is 1.86 bits per heavy atom. The molecule has 0 unspecified atom stereocenters. The number of aliphatic hydroxyl groups excluding tert-OH is 1. The number of nitrogen functional groups attached to an aromatic ring is 1. The van der Waals surface area contributed by atoms with Crippen LogP contribution in [0.4, 0.5) is 5.69 Å². The molecule has 0 amide bonds. The summed E-state index contributed by atoms with van der Waals surface area (Å²) in [5.74, 6) is -1.46. The molecule has 0 aromatic heterocycles. The van der Waals surface area contributed by atoms with E-state index in [0.29, 0.717) is 11.3 Å². The first kappa shape index (κ1) is 10.1. The smallest absolute Gasteiger partial charge is 0.335 e. The standard InChI is InChI=1S/C10H11NO3/c1-6(10(13)14)9(12)7-4-2-3-5-8(7)11/h2-5,12H,11H2,1H3,(H,13,14). The lowest BCUT2D eigenvalue weighted by Crippen LogP contribution is -2.02. The Morgan fingerprint density at radius 1 is 1.29 bits per heavy atom. The van der Waals surface area contributed by atoms with Gasteiger partial charge in [-0.05, 0) is 19.1 Å². The summed E-state index contributed by atoms with van der Waals surface area (Å²) < 4.78 is 0. The molecule has 0 saturated heterocycles. The van der Waals surface area contributed by atoms with E-state index in [9.17, 15) is 9.90 Å². The van der Waals surface area contributed by atoms with Gasteiger partial charge in [-0.2, -0.15) is 0 Å². The highest BCUT2D eigenvalue weighted by molar-refractivity contribution is 5.95. The summed E-state index contributed by atoms with van der Waals surface area (Å²) in [6, 6.07) is 6.55. The van der Waals surface area contributed by atoms with Crippen LogP contribution in [0.3, 0.4) is 0 Å². The van der Waals surface area contributed by atoms with Crippen LogP contribution in [0, 0.1) is 0 Å². The van der Waals surface area contributed by atoms with E-state index in [0.717, 1.165) is 0 Å². The van der Waals surface area contributed by atoms with Crippen molar-refractivity contribution in [3.05, 3.63) is 35.4 Å². The lowest BCUT2D eigenvalue weighted by Gasteiger charge is -2.05. The van der Waals surface area contributed by atoms with Gasteiger partial charge in [0.2, 0.25) is 0 Å². The van der Waals surface area contributed by atoms with Gasteiger partial charge in [-0.1, -0.05) is 12.1 Å². The first-order chi connectivity index (χ1) is 6.54. The molecule has 0 aliphatic rings. The molecule has 0 aliphatic carbocycles. The molecular weight excluding hydrogens is 182 g/mol. The molecule has 1 aromatic rings. The van der Waals surface area contributed by atoms with Crippen molar-refractivity contribution < 1.29 is 15.0 Å². The minimum atomic E-state index is -1.16. The van der Waals surface area contributed by atoms with Crippen molar-refractivity contribution in [2.24, 2.45) is 0 Å². The third kappa shape index (κ3) is 1.85. The van der Waals surface area contributed by atoms with E-state index in [1.807, 2.05) is 0 Å². The average Bonchev–Trinajstić information content (AvgIpc) is 2.16. The van der Waals surface area contributed by atoms with Gasteiger partial charge in [0.1, 0.15) is 5.76 Å². The minimum absolute atomic E-state index is 0.122. The average molecular weight is 193 g/mol. The van der Waals surface area contributed by atoms with Crippen LogP contribution in [0.1, 0.15) is 12.5 Å². The van der Waals surface area contributed by atoms with Crippen molar-refractivity contribution in [1.82, 2.24) is 0 Å². The van der Waals surface area contributed by atoms with Crippen molar-refractivity contribution in [2.45, 2.75) is 6.92 Å². The number of anilines is 1. The molecule has 74 valence electrons. The number of carboxylic acids is 1. The fourth-order valence-corrected chi connectivity index (χ4v) is 1.02. The van der Waals surface area contributed by atoms with E-state index in [1.165, 1.54) is 6.92 Å². The molecule has 0 saturated carbocycles. The number of rotatable bonds is 2. The van der Waals surface area contributed by atoms with Gasteiger partial charge in [0, 0.05) is 11.3 Å². The molecule has 0 atom stereocenters. The Balaban J connectivity index is 3.25. The van der Waals surface area contributed by atoms with Gasteiger partial charge < -0.3 is 15.9 Å². The summed E-state index contributed by atoms with van der Waals surface area (Å²) in [5.41, 5.74) is 6.14. The summed E-state index contributed by atoms with van der Waals surface area (Å²) in [6.45, 7) is 1.32. The highest BCUT2D eigenvalue weighted by Gasteiger charge is 2.11. The molecule has 0 heterocycles. The number of para-hydroxylation sites is 1. The minimum Gasteiger partial charge on any atom is -0.507 e. The second kappa shape index (κ2) is 3.83. The zero-order valence-corrected chi connectivity index (χ0v) is 7.69. The van der Waals surface area contributed by atoms with Crippen molar-refractivity contribution in [3.8, 4) is 0 Å². The quantitative estimate of drug-likeness (QED) is 0.378. The van der Waals surface area contributed by atoms with Gasteiger partial charge >= 0.3 is 5.97 Å². The lowest BCUT2D eigenvalue weighted by atomic mass is 10.1. The number of hydrogen-bond donors (Lipinski definition) is 3. The molecule has 0 radical (unpaired) electrons. The van der Waals surface area contributed by atoms with Crippen LogP contribution < -0.4 is 5.73 Å². The summed E-state index contributed by atoms with van der Waals surface area (Å²) in [5, 5.41) is 18.2. The van der Waals surface area contributed by atoms with Crippen molar-refractivity contribution >= 4 is 17.4 Å². The zero-order chi connectivity index (χ0) is 10.7. The van der Waals surface area contributed by atoms with Crippen LogP contribution in [0.2, 0.25) is 0 Å². The topological polar surface area (TPSA) is 83.5 Å². The van der Waals surface area contributed by atoms with Crippen LogP contribution in [0.15, 0.2) is 29.8 Å². The number of hydrogen-bond acceptors (Lipinski definition) is 3. The third-order valence-corrected chi connectivity index (χ3v) is 1.89. The van der Waals surface area contributed by atoms with E-state index in [-0.39, 0.29) is 11.3 Å². The maximum Gasteiger partial charge on any atom is 0.335 e. The molecule has 0 aliphatic heterocycles. The molecule has 1 aromatic carbocycles. The van der Waals surface area contributed by atoms with Crippen molar-refractivity contribution in [1.29, 1.82) is 0 Å². The van der Waals surface area contributed by atoms with E-state index in [2.05, 4.69) is 0 Å². The molecule has 0 fully saturated rings. The molecule has 0 spiro atoms. The Hall–Kier alpha value is -1.97. The van der Waals surface area contributed by atoms with Crippen LogP contribution in [-0.2, 0) is 4.79 Å². The van der Waals surface area contributed by atoms with Crippen molar-refractivity contribution in [3.63, 3.8) is 0 Å². The molecule has 4 heteroatoms. The predicted molar refractivity (Wildman–Crippen MR) is 53.7 cm³/mol. The first-order valence-electron chi connectivity index (χ1n) is 4.02. The lowest BCUT2D eigenvalue weighted by molar-refractivity contribution is -0.132. The van der Waals surface area contributed by atoms with E-state index in [4.69, 9.17) is 10.8 Å². The van der Waals surface area contributed by atoms with Gasteiger partial charge in [-0.15, -0.1) is 0 Å². The number of carboxylic acid groups (broad SMARTS) is 1. The van der Waals surface area contributed by atoms with Crippen LogP contribution >= 0.6 is 0 Å². The second-order valence-electron chi connectivity index (χ2n) is 2.87. The largest absolute Gasteiger partial charge is 0.507 e. The number of benzene rings is 1. The highest BCUT2D eigenvalue weighted by atomic mass is 16.4. The Bertz CT molecular complexity index is 396. The van der Waals surface area contributed by atoms with Gasteiger partial charge in [-0.3, -0.25) is 0 Å². The summed E-state index contributed by atoms with van der Waals surface area (Å²) in [6.07, 6.45) is 0. The van der Waals surface area contributed by atoms with Crippen LogP contribution in [-0.4, -0.2) is 16.2 Å². The van der Waals surface area contributed by atoms with E-state index in [1.54, 1.807) is 24.3 Å². The van der Waals surface area contributed by atoms with E-state index >= 15 is 0 Å². The normalized spacial score (nSPS) is 12.1. The molecule has 1 rings (SSSR count). The monoisotopic (exact) mass is 193 g/mol. The molecule has 4 N–H and O–H groups in total. The van der Waals surface area contributed by atoms with Gasteiger partial charge in [0.25, 0.3) is 0 Å². The molecule has 4 nitrogen and oxygen atoms in total. The number of nitrogens with two attached hydrogens (primary N) is 1. The SMILES string of the molecule is CC(C(=O)O)=C(O)c1ccccc1N. The summed E-state index contributed by atoms with van der Waals surface area (Å²) >= 11 is 0. The highest BCUT2D eigenvalue weighted by Crippen LogP contribution is 2.21. The van der Waals surface area contributed by atoms with E-state index < -0.39 is 5.97 Å². The van der Waals surface area contributed by atoms with Crippen LogP contribution in [0.5, 0.6) is 0 Å². The summed E-state index contributed by atoms with van der Waals surface area (Å²) in [4.78, 5) is 10.6. The maximum atomic E-state index is 10.6. The zero-order valence-electron chi connectivity index (χ0n) is 7.69. The van der Waals surface area contributed by atoms with Gasteiger partial charge in [0.15, 0.2) is 0 Å². The van der Waals surface area contributed by atoms with Gasteiger partial charge in [0.05, 0.1) is 5.57 Å². The number of aliphatic hydroxyl groups is 1. The third-order valence-electron chi connectivity index (χ3n) is 1.89. The summed E-state index contributed by atoms with van der Waals surface area (Å²) in [7, 11) is 0. The fraction of sp³-hybridized carbons (Fsp3) is 0.100. The van der Waals surface area contributed by atoms with Crippen molar-refractivity contribution in [2.75, 3.05) is 5.73 Å². The molecular formula is C10H11NO3. The Kier molecular flexibility index (Phi) is 2.76. The number of carbonyl (C=O) groups is 1. The predicted octanol–water partition coefficient (Wildman–Crippen LogP) is 1.64. The maximum absolute atomic E-state index is 10.6. The fourth-order valence-electron chi connectivity index (χ4n) is 1.02. The first-order valence-corrected chi connectivity index (χ1v) is 4.02. The molecule has 0 bridgehead atoms. The van der Waals surface area contributed by atoms with Crippen LogP contribution in [0.25, 0.3) is 5.76 Å². The van der Waals surface area contributed by atoms with Gasteiger partial charge in [-0.25, -0.2) is 4.79 Å². The second-order valence-corrected chi connectivity index (χ2v) is 2.87. The molecule has 14 heavy (non-hydrogen) atoms. The number of aliphatic carboxylic acids is 1. The Labute approximate surface area is 81.3 Å².